The Morgan fingerprint density at radius 2 is 1.92 bits per heavy atom. The van der Waals surface area contributed by atoms with Gasteiger partial charge in [-0.05, 0) is 55.3 Å². The van der Waals surface area contributed by atoms with Crippen molar-refractivity contribution >= 4 is 22.5 Å². The van der Waals surface area contributed by atoms with E-state index in [0.29, 0.717) is 11.9 Å². The number of nitrogens with zero attached hydrogens (tertiary/aromatic N) is 1. The summed E-state index contributed by atoms with van der Waals surface area (Å²) < 4.78 is 0. The number of aromatic nitrogens is 1. The fraction of sp³-hybridized carbons (Fsp3) is 0.273. The van der Waals surface area contributed by atoms with Crippen LogP contribution in [0.15, 0.2) is 60.7 Å². The molecule has 1 amide bonds. The van der Waals surface area contributed by atoms with Crippen LogP contribution < -0.4 is 10.6 Å². The summed E-state index contributed by atoms with van der Waals surface area (Å²) in [5.74, 6) is 0.741. The summed E-state index contributed by atoms with van der Waals surface area (Å²) in [6.45, 7) is 3.02. The lowest BCUT2D eigenvalue weighted by Gasteiger charge is -2.26. The minimum atomic E-state index is 0.0531. The molecule has 0 bridgehead atoms. The van der Waals surface area contributed by atoms with Crippen molar-refractivity contribution in [3.8, 4) is 11.3 Å². The van der Waals surface area contributed by atoms with Gasteiger partial charge in [0.05, 0.1) is 5.69 Å². The number of pyridine rings is 1. The van der Waals surface area contributed by atoms with Crippen LogP contribution in [-0.4, -0.2) is 23.5 Å². The number of carbonyl (C=O) groups excluding carboxylic acids is 1. The highest BCUT2D eigenvalue weighted by molar-refractivity contribution is 5.92. The van der Waals surface area contributed by atoms with Crippen molar-refractivity contribution in [2.24, 2.45) is 5.92 Å². The van der Waals surface area contributed by atoms with Crippen molar-refractivity contribution in [1.82, 2.24) is 10.3 Å². The van der Waals surface area contributed by atoms with E-state index in [1.165, 1.54) is 10.8 Å². The first-order chi connectivity index (χ1) is 12.7. The van der Waals surface area contributed by atoms with Crippen molar-refractivity contribution in [3.05, 3.63) is 60.7 Å². The van der Waals surface area contributed by atoms with Crippen molar-refractivity contribution in [3.63, 3.8) is 0 Å². The van der Waals surface area contributed by atoms with Gasteiger partial charge in [-0.25, -0.2) is 4.98 Å². The van der Waals surface area contributed by atoms with Gasteiger partial charge in [0, 0.05) is 17.5 Å². The lowest BCUT2D eigenvalue weighted by atomic mass is 9.92. The average Bonchev–Trinajstić information content (AvgIpc) is 2.68. The first kappa shape index (κ1) is 16.7. The summed E-state index contributed by atoms with van der Waals surface area (Å²) in [5, 5.41) is 8.78. The van der Waals surface area contributed by atoms with Crippen LogP contribution in [0.5, 0.6) is 0 Å². The molecule has 1 aliphatic heterocycles. The predicted molar refractivity (Wildman–Crippen MR) is 106 cm³/mol. The lowest BCUT2D eigenvalue weighted by Crippen LogP contribution is -2.40. The Morgan fingerprint density at radius 3 is 2.77 bits per heavy atom. The Hall–Kier alpha value is -2.72. The van der Waals surface area contributed by atoms with E-state index in [4.69, 9.17) is 0 Å². The molecule has 0 radical (unpaired) electrons. The molecule has 1 aromatic heterocycles. The largest absolute Gasteiger partial charge is 0.314 e. The molecule has 4 heteroatoms. The maximum atomic E-state index is 12.6. The summed E-state index contributed by atoms with van der Waals surface area (Å²) in [5.41, 5.74) is 1.92. The van der Waals surface area contributed by atoms with Gasteiger partial charge in [0.1, 0.15) is 5.82 Å². The SMILES string of the molecule is C[C@H]1C[C@@H](C(=O)Nc2cccc(-c3ccc4ccccc4c3)n2)CCN1. The van der Waals surface area contributed by atoms with Gasteiger partial charge >= 0.3 is 0 Å². The minimum Gasteiger partial charge on any atom is -0.314 e. The highest BCUT2D eigenvalue weighted by Gasteiger charge is 2.24. The summed E-state index contributed by atoms with van der Waals surface area (Å²) in [7, 11) is 0. The van der Waals surface area contributed by atoms with Crippen LogP contribution in [-0.2, 0) is 4.79 Å². The monoisotopic (exact) mass is 345 g/mol. The predicted octanol–water partition coefficient (Wildman–Crippen LogP) is 4.23. The zero-order chi connectivity index (χ0) is 17.9. The Kier molecular flexibility index (Phi) is 4.67. The van der Waals surface area contributed by atoms with Gasteiger partial charge in [-0.2, -0.15) is 0 Å². The van der Waals surface area contributed by atoms with E-state index >= 15 is 0 Å². The molecule has 2 aromatic carbocycles. The first-order valence-electron chi connectivity index (χ1n) is 9.19. The Balaban J connectivity index is 1.55. The number of hydrogen-bond acceptors (Lipinski definition) is 3. The van der Waals surface area contributed by atoms with Crippen LogP contribution in [0.4, 0.5) is 5.82 Å². The van der Waals surface area contributed by atoms with Crippen LogP contribution in [0, 0.1) is 5.92 Å². The van der Waals surface area contributed by atoms with E-state index in [1.54, 1.807) is 0 Å². The number of benzene rings is 2. The Bertz CT molecular complexity index is 937. The van der Waals surface area contributed by atoms with E-state index in [1.807, 2.05) is 30.3 Å². The van der Waals surface area contributed by atoms with Gasteiger partial charge in [0.15, 0.2) is 0 Å². The highest BCUT2D eigenvalue weighted by atomic mass is 16.1. The molecule has 132 valence electrons. The first-order valence-corrected chi connectivity index (χ1v) is 9.19. The summed E-state index contributed by atoms with van der Waals surface area (Å²) in [6, 6.07) is 20.8. The number of anilines is 1. The molecule has 1 fully saturated rings. The van der Waals surface area contributed by atoms with Crippen LogP contribution in [0.25, 0.3) is 22.0 Å². The van der Waals surface area contributed by atoms with Crippen LogP contribution in [0.3, 0.4) is 0 Å². The summed E-state index contributed by atoms with van der Waals surface area (Å²) >= 11 is 0. The third-order valence-electron chi connectivity index (χ3n) is 5.04. The van der Waals surface area contributed by atoms with Gasteiger partial charge in [-0.15, -0.1) is 0 Å². The highest BCUT2D eigenvalue weighted by Crippen LogP contribution is 2.24. The Morgan fingerprint density at radius 1 is 1.08 bits per heavy atom. The maximum Gasteiger partial charge on any atom is 0.228 e. The van der Waals surface area contributed by atoms with E-state index in [0.717, 1.165) is 30.6 Å². The molecule has 4 nitrogen and oxygen atoms in total. The second-order valence-electron chi connectivity index (χ2n) is 7.04. The number of rotatable bonds is 3. The van der Waals surface area contributed by atoms with Gasteiger partial charge in [-0.1, -0.05) is 42.5 Å². The quantitative estimate of drug-likeness (QED) is 0.747. The van der Waals surface area contributed by atoms with E-state index in [9.17, 15) is 4.79 Å². The molecular formula is C22H23N3O. The molecule has 2 heterocycles. The van der Waals surface area contributed by atoms with Crippen LogP contribution >= 0.6 is 0 Å². The van der Waals surface area contributed by atoms with Crippen molar-refractivity contribution < 1.29 is 4.79 Å². The number of fused-ring (bicyclic) bond motifs is 1. The fourth-order valence-electron chi connectivity index (χ4n) is 3.61. The van der Waals surface area contributed by atoms with E-state index in [-0.39, 0.29) is 11.8 Å². The number of amides is 1. The van der Waals surface area contributed by atoms with Crippen molar-refractivity contribution in [2.75, 3.05) is 11.9 Å². The molecule has 4 rings (SSSR count). The van der Waals surface area contributed by atoms with Crippen LogP contribution in [0.2, 0.25) is 0 Å². The summed E-state index contributed by atoms with van der Waals surface area (Å²) in [6.07, 6.45) is 1.75. The van der Waals surface area contributed by atoms with Crippen molar-refractivity contribution in [1.29, 1.82) is 0 Å². The third kappa shape index (κ3) is 3.60. The number of piperidine rings is 1. The van der Waals surface area contributed by atoms with Gasteiger partial charge in [-0.3, -0.25) is 4.79 Å². The molecule has 3 aromatic rings. The molecule has 26 heavy (non-hydrogen) atoms. The molecule has 2 atom stereocenters. The number of hydrogen-bond donors (Lipinski definition) is 2. The molecule has 0 saturated carbocycles. The molecular weight excluding hydrogens is 322 g/mol. The standard InChI is InChI=1S/C22H23N3O/c1-15-13-19(11-12-23-15)22(26)25-21-8-4-7-20(24-21)18-10-9-16-5-2-3-6-17(16)14-18/h2-10,14-15,19,23H,11-13H2,1H3,(H,24,25,26)/t15-,19-/m0/s1. The lowest BCUT2D eigenvalue weighted by molar-refractivity contribution is -0.120. The normalized spacial score (nSPS) is 20.0. The molecule has 1 aliphatic rings. The van der Waals surface area contributed by atoms with Crippen LogP contribution in [0.1, 0.15) is 19.8 Å². The average molecular weight is 345 g/mol. The minimum absolute atomic E-state index is 0.0531. The zero-order valence-electron chi connectivity index (χ0n) is 14.9. The van der Waals surface area contributed by atoms with Gasteiger partial charge in [0.2, 0.25) is 5.91 Å². The zero-order valence-corrected chi connectivity index (χ0v) is 14.9. The smallest absolute Gasteiger partial charge is 0.228 e. The topological polar surface area (TPSA) is 54.0 Å². The van der Waals surface area contributed by atoms with Gasteiger partial charge in [0.25, 0.3) is 0 Å². The van der Waals surface area contributed by atoms with E-state index < -0.39 is 0 Å². The second-order valence-corrected chi connectivity index (χ2v) is 7.04. The fourth-order valence-corrected chi connectivity index (χ4v) is 3.61. The molecule has 0 unspecified atom stereocenters. The second kappa shape index (κ2) is 7.26. The molecule has 2 N–H and O–H groups in total. The molecule has 0 spiro atoms. The van der Waals surface area contributed by atoms with Gasteiger partial charge < -0.3 is 10.6 Å². The number of carbonyl (C=O) groups is 1. The maximum absolute atomic E-state index is 12.6. The third-order valence-corrected chi connectivity index (χ3v) is 5.04. The Labute approximate surface area is 153 Å². The van der Waals surface area contributed by atoms with E-state index in [2.05, 4.69) is 52.9 Å². The molecule has 0 aliphatic carbocycles. The van der Waals surface area contributed by atoms with Crippen molar-refractivity contribution in [2.45, 2.75) is 25.8 Å². The summed E-state index contributed by atoms with van der Waals surface area (Å²) in [4.78, 5) is 17.2. The number of nitrogens with one attached hydrogen (secondary N) is 2. The molecule has 1 saturated heterocycles.